The molecule has 3 aromatic carbocycles. The van der Waals surface area contributed by atoms with Gasteiger partial charge in [0.25, 0.3) is 0 Å². The molecule has 2 aliphatic carbocycles. The van der Waals surface area contributed by atoms with Crippen molar-refractivity contribution in [3.8, 4) is 11.4 Å². The van der Waals surface area contributed by atoms with Crippen molar-refractivity contribution in [2.45, 2.75) is 50.0 Å². The molecule has 1 spiro atoms. The van der Waals surface area contributed by atoms with Gasteiger partial charge in [0.1, 0.15) is 5.82 Å². The first-order valence-electron chi connectivity index (χ1n) is 13.4. The fourth-order valence-corrected chi connectivity index (χ4v) is 7.35. The van der Waals surface area contributed by atoms with E-state index in [0.717, 1.165) is 27.4 Å². The Labute approximate surface area is 218 Å². The van der Waals surface area contributed by atoms with Gasteiger partial charge in [0, 0.05) is 28.6 Å². The highest BCUT2D eigenvalue weighted by molar-refractivity contribution is 6.31. The van der Waals surface area contributed by atoms with Gasteiger partial charge in [-0.3, -0.25) is 0 Å². The van der Waals surface area contributed by atoms with Crippen LogP contribution in [0.25, 0.3) is 28.5 Å². The second-order valence-corrected chi connectivity index (χ2v) is 11.6. The van der Waals surface area contributed by atoms with Crippen LogP contribution >= 0.6 is 11.6 Å². The Hall–Kier alpha value is -2.88. The molecular weight excluding hydrogens is 462 g/mol. The summed E-state index contributed by atoms with van der Waals surface area (Å²) in [6.45, 7) is 4.87. The molecule has 4 unspecified atom stereocenters. The summed E-state index contributed by atoms with van der Waals surface area (Å²) >= 11 is 6.14. The van der Waals surface area contributed by atoms with Crippen molar-refractivity contribution in [3.05, 3.63) is 94.5 Å². The largest absolute Gasteiger partial charge is 0.338 e. The standard InChI is InChI=1S/C32H32ClN3/c1-21-20-36(17-16-32(21)15-14-23-4-2-3-5-28(23)32)27-12-10-25(18-27)22-6-8-24(9-7-22)31-34-29-13-11-26(33)19-30(29)35-31/h2-9,11,13-15,19,21,25,27H,10,12,16-18,20H2,1H3,(H,34,35). The number of fused-ring (bicyclic) bond motifs is 3. The fraction of sp³-hybridized carbons (Fsp3) is 0.344. The smallest absolute Gasteiger partial charge is 0.138 e. The maximum absolute atomic E-state index is 6.14. The minimum atomic E-state index is 0.239. The molecule has 2 fully saturated rings. The van der Waals surface area contributed by atoms with Gasteiger partial charge in [0.05, 0.1) is 11.0 Å². The number of H-pyrrole nitrogens is 1. The van der Waals surface area contributed by atoms with Gasteiger partial charge in [-0.1, -0.05) is 79.2 Å². The number of imidazole rings is 1. The van der Waals surface area contributed by atoms with Crippen molar-refractivity contribution in [3.63, 3.8) is 0 Å². The maximum Gasteiger partial charge on any atom is 0.138 e. The molecule has 1 aliphatic heterocycles. The highest BCUT2D eigenvalue weighted by Gasteiger charge is 2.45. The molecule has 3 nitrogen and oxygen atoms in total. The molecule has 4 atom stereocenters. The number of piperidine rings is 1. The average Bonchev–Trinajstić information content (AvgIpc) is 3.64. The van der Waals surface area contributed by atoms with E-state index in [1.165, 1.54) is 49.9 Å². The van der Waals surface area contributed by atoms with E-state index >= 15 is 0 Å². The van der Waals surface area contributed by atoms with E-state index in [4.69, 9.17) is 16.6 Å². The first kappa shape index (κ1) is 22.3. The summed E-state index contributed by atoms with van der Waals surface area (Å²) in [7, 11) is 0. The summed E-state index contributed by atoms with van der Waals surface area (Å²) in [5.74, 6) is 2.20. The number of benzene rings is 3. The molecular formula is C32H32ClN3. The van der Waals surface area contributed by atoms with Crippen LogP contribution in [0.4, 0.5) is 0 Å². The fourth-order valence-electron chi connectivity index (χ4n) is 7.18. The quantitative estimate of drug-likeness (QED) is 0.315. The Morgan fingerprint density at radius 2 is 1.89 bits per heavy atom. The Morgan fingerprint density at radius 1 is 1.03 bits per heavy atom. The van der Waals surface area contributed by atoms with Gasteiger partial charge < -0.3 is 9.88 Å². The SMILES string of the molecule is CC1CN(C2CCC(c3ccc(-c4nc5ccc(Cl)cc5[nH]4)cc3)C2)CCC12C=Cc1ccccc12. The number of rotatable bonds is 3. The van der Waals surface area contributed by atoms with Gasteiger partial charge in [-0.2, -0.15) is 0 Å². The van der Waals surface area contributed by atoms with Gasteiger partial charge in [-0.05, 0) is 79.0 Å². The lowest BCUT2D eigenvalue weighted by atomic mass is 9.68. The van der Waals surface area contributed by atoms with Crippen LogP contribution in [-0.2, 0) is 5.41 Å². The molecule has 4 aromatic rings. The molecule has 1 N–H and O–H groups in total. The van der Waals surface area contributed by atoms with E-state index in [9.17, 15) is 0 Å². The van der Waals surface area contributed by atoms with Crippen LogP contribution in [0.15, 0.2) is 72.8 Å². The number of hydrogen-bond acceptors (Lipinski definition) is 2. The summed E-state index contributed by atoms with van der Waals surface area (Å²) in [6, 6.07) is 24.6. The number of nitrogens with zero attached hydrogens (tertiary/aromatic N) is 2. The van der Waals surface area contributed by atoms with Crippen molar-refractivity contribution >= 4 is 28.7 Å². The van der Waals surface area contributed by atoms with Gasteiger partial charge in [-0.15, -0.1) is 0 Å². The number of allylic oxidation sites excluding steroid dienone is 1. The number of hydrogen-bond donors (Lipinski definition) is 1. The number of likely N-dealkylation sites (tertiary alicyclic amines) is 1. The molecule has 1 saturated carbocycles. The van der Waals surface area contributed by atoms with Gasteiger partial charge >= 0.3 is 0 Å². The van der Waals surface area contributed by atoms with Crippen LogP contribution in [-0.4, -0.2) is 34.0 Å². The predicted molar refractivity (Wildman–Crippen MR) is 149 cm³/mol. The third kappa shape index (κ3) is 3.64. The van der Waals surface area contributed by atoms with Crippen molar-refractivity contribution in [1.29, 1.82) is 0 Å². The lowest BCUT2D eigenvalue weighted by Crippen LogP contribution is -2.50. The third-order valence-electron chi connectivity index (χ3n) is 9.24. The average molecular weight is 494 g/mol. The van der Waals surface area contributed by atoms with Crippen LogP contribution in [0.3, 0.4) is 0 Å². The Bertz CT molecular complexity index is 1450. The molecule has 0 bridgehead atoms. The molecule has 7 rings (SSSR count). The second-order valence-electron chi connectivity index (χ2n) is 11.1. The second kappa shape index (κ2) is 8.61. The van der Waals surface area contributed by atoms with E-state index in [1.54, 1.807) is 5.56 Å². The predicted octanol–water partition coefficient (Wildman–Crippen LogP) is 7.83. The monoisotopic (exact) mass is 493 g/mol. The van der Waals surface area contributed by atoms with E-state index in [0.29, 0.717) is 17.9 Å². The molecule has 4 heteroatoms. The van der Waals surface area contributed by atoms with Crippen LogP contribution in [0.2, 0.25) is 5.02 Å². The number of aromatic amines is 1. The molecule has 3 aliphatic rings. The molecule has 1 aromatic heterocycles. The van der Waals surface area contributed by atoms with Crippen LogP contribution < -0.4 is 0 Å². The van der Waals surface area contributed by atoms with Crippen molar-refractivity contribution < 1.29 is 0 Å². The minimum absolute atomic E-state index is 0.239. The number of halogens is 1. The normalized spacial score (nSPS) is 27.8. The van der Waals surface area contributed by atoms with E-state index in [2.05, 4.69) is 77.5 Å². The maximum atomic E-state index is 6.14. The molecule has 2 heterocycles. The van der Waals surface area contributed by atoms with Crippen LogP contribution in [0, 0.1) is 5.92 Å². The van der Waals surface area contributed by atoms with Crippen LogP contribution in [0.1, 0.15) is 55.2 Å². The van der Waals surface area contributed by atoms with Crippen molar-refractivity contribution in [1.82, 2.24) is 14.9 Å². The summed E-state index contributed by atoms with van der Waals surface area (Å²) in [6.07, 6.45) is 9.97. The lowest BCUT2D eigenvalue weighted by molar-refractivity contribution is 0.0898. The first-order valence-corrected chi connectivity index (χ1v) is 13.8. The Balaban J connectivity index is 1.03. The van der Waals surface area contributed by atoms with E-state index < -0.39 is 0 Å². The zero-order valence-corrected chi connectivity index (χ0v) is 21.5. The summed E-state index contributed by atoms with van der Waals surface area (Å²) in [4.78, 5) is 11.0. The molecule has 0 radical (unpaired) electrons. The minimum Gasteiger partial charge on any atom is -0.338 e. The lowest BCUT2D eigenvalue weighted by Gasteiger charge is -2.46. The van der Waals surface area contributed by atoms with E-state index in [-0.39, 0.29) is 5.41 Å². The highest BCUT2D eigenvalue weighted by Crippen LogP contribution is 2.48. The molecule has 0 amide bonds. The Kier molecular flexibility index (Phi) is 5.34. The molecule has 1 saturated heterocycles. The van der Waals surface area contributed by atoms with Gasteiger partial charge in [0.15, 0.2) is 0 Å². The van der Waals surface area contributed by atoms with Gasteiger partial charge in [-0.25, -0.2) is 4.98 Å². The molecule has 182 valence electrons. The third-order valence-corrected chi connectivity index (χ3v) is 9.48. The summed E-state index contributed by atoms with van der Waals surface area (Å²) in [5, 5.41) is 0.728. The molecule has 36 heavy (non-hydrogen) atoms. The van der Waals surface area contributed by atoms with Crippen molar-refractivity contribution in [2.75, 3.05) is 13.1 Å². The first-order chi connectivity index (χ1) is 17.6. The highest BCUT2D eigenvalue weighted by atomic mass is 35.5. The number of aromatic nitrogens is 2. The zero-order valence-electron chi connectivity index (χ0n) is 20.8. The van der Waals surface area contributed by atoms with Crippen LogP contribution in [0.5, 0.6) is 0 Å². The summed E-state index contributed by atoms with van der Waals surface area (Å²) in [5.41, 5.74) is 7.74. The van der Waals surface area contributed by atoms with Gasteiger partial charge in [0.2, 0.25) is 0 Å². The Morgan fingerprint density at radius 3 is 2.75 bits per heavy atom. The topological polar surface area (TPSA) is 31.9 Å². The zero-order chi connectivity index (χ0) is 24.3. The van der Waals surface area contributed by atoms with Crippen molar-refractivity contribution in [2.24, 2.45) is 5.92 Å². The van der Waals surface area contributed by atoms with E-state index in [1.807, 2.05) is 18.2 Å². The number of nitrogens with one attached hydrogen (secondary N) is 1. The summed E-state index contributed by atoms with van der Waals surface area (Å²) < 4.78 is 0.